The molecule has 0 atom stereocenters. The zero-order valence-corrected chi connectivity index (χ0v) is 15.0. The van der Waals surface area contributed by atoms with Gasteiger partial charge in [0.25, 0.3) is 0 Å². The third kappa shape index (κ3) is 4.94. The number of halogens is 1. The van der Waals surface area contributed by atoms with E-state index in [1.54, 1.807) is 54.2 Å². The van der Waals surface area contributed by atoms with Crippen LogP contribution in [0.4, 0.5) is 4.39 Å². The Hall–Kier alpha value is -2.11. The molecule has 0 aliphatic heterocycles. The van der Waals surface area contributed by atoms with Gasteiger partial charge in [-0.3, -0.25) is 0 Å². The molecule has 0 amide bonds. The van der Waals surface area contributed by atoms with Crippen molar-refractivity contribution in [2.75, 3.05) is 0 Å². The summed E-state index contributed by atoms with van der Waals surface area (Å²) in [7, 11) is 0. The number of aromatic hydroxyl groups is 2. The van der Waals surface area contributed by atoms with E-state index in [-0.39, 0.29) is 17.3 Å². The Kier molecular flexibility index (Phi) is 5.89. The molecule has 128 valence electrons. The lowest BCUT2D eigenvalue weighted by Gasteiger charge is -2.11. The molecule has 3 aromatic carbocycles. The molecule has 0 aromatic heterocycles. The molecule has 0 spiro atoms. The highest BCUT2D eigenvalue weighted by molar-refractivity contribution is 7.99. The highest BCUT2D eigenvalue weighted by Crippen LogP contribution is 2.31. The number of thioether (sulfide) groups is 2. The molecule has 0 fully saturated rings. The smallest absolute Gasteiger partial charge is 0.127 e. The zero-order chi connectivity index (χ0) is 17.6. The van der Waals surface area contributed by atoms with Gasteiger partial charge in [-0.25, -0.2) is 4.39 Å². The van der Waals surface area contributed by atoms with Gasteiger partial charge in [-0.2, -0.15) is 0 Å². The molecule has 25 heavy (non-hydrogen) atoms. The van der Waals surface area contributed by atoms with Crippen LogP contribution in [0.5, 0.6) is 11.5 Å². The van der Waals surface area contributed by atoms with E-state index < -0.39 is 0 Å². The van der Waals surface area contributed by atoms with Crippen molar-refractivity contribution < 1.29 is 14.6 Å². The summed E-state index contributed by atoms with van der Waals surface area (Å²) >= 11 is 3.05. The van der Waals surface area contributed by atoms with Crippen molar-refractivity contribution in [2.45, 2.75) is 21.3 Å². The molecule has 3 rings (SSSR count). The molecule has 0 saturated heterocycles. The first-order valence-corrected chi connectivity index (χ1v) is 9.69. The minimum Gasteiger partial charge on any atom is -0.508 e. The minimum atomic E-state index is -0.221. The molecule has 0 radical (unpaired) electrons. The number of hydrogen-bond acceptors (Lipinski definition) is 4. The van der Waals surface area contributed by atoms with Crippen molar-refractivity contribution in [1.29, 1.82) is 0 Å². The normalized spacial score (nSPS) is 10.8. The van der Waals surface area contributed by atoms with Crippen molar-refractivity contribution in [3.05, 3.63) is 83.7 Å². The summed E-state index contributed by atoms with van der Waals surface area (Å²) < 4.78 is 14.3. The van der Waals surface area contributed by atoms with Crippen LogP contribution in [0, 0.1) is 5.82 Å². The highest BCUT2D eigenvalue weighted by Gasteiger charge is 2.10. The van der Waals surface area contributed by atoms with Crippen molar-refractivity contribution in [3.8, 4) is 11.5 Å². The van der Waals surface area contributed by atoms with Crippen LogP contribution in [0.3, 0.4) is 0 Å². The first kappa shape index (κ1) is 17.7. The van der Waals surface area contributed by atoms with Gasteiger partial charge in [0.15, 0.2) is 0 Å². The Bertz CT molecular complexity index is 868. The van der Waals surface area contributed by atoms with Crippen LogP contribution in [-0.2, 0) is 11.5 Å². The lowest BCUT2D eigenvalue weighted by Crippen LogP contribution is -1.95. The Balaban J connectivity index is 1.73. The van der Waals surface area contributed by atoms with Crippen molar-refractivity contribution >= 4 is 23.5 Å². The Morgan fingerprint density at radius 1 is 0.720 bits per heavy atom. The van der Waals surface area contributed by atoms with Gasteiger partial charge in [0, 0.05) is 26.9 Å². The molecular formula is C20H17FO2S2. The van der Waals surface area contributed by atoms with E-state index in [1.165, 1.54) is 17.8 Å². The monoisotopic (exact) mass is 372 g/mol. The maximum absolute atomic E-state index is 14.3. The Morgan fingerprint density at radius 3 is 1.88 bits per heavy atom. The molecular weight excluding hydrogens is 355 g/mol. The van der Waals surface area contributed by atoms with Gasteiger partial charge in [-0.05, 0) is 48.0 Å². The third-order valence-corrected chi connectivity index (χ3v) is 5.69. The predicted molar refractivity (Wildman–Crippen MR) is 102 cm³/mol. The van der Waals surface area contributed by atoms with Crippen molar-refractivity contribution in [1.82, 2.24) is 0 Å². The second-order valence-corrected chi connectivity index (χ2v) is 7.55. The van der Waals surface area contributed by atoms with E-state index in [9.17, 15) is 14.6 Å². The van der Waals surface area contributed by atoms with Crippen molar-refractivity contribution in [2.24, 2.45) is 0 Å². The molecule has 0 bridgehead atoms. The van der Waals surface area contributed by atoms with Gasteiger partial charge < -0.3 is 10.2 Å². The number of phenolic OH excluding ortho intramolecular Hbond substituents is 2. The molecule has 0 saturated carbocycles. The molecule has 2 N–H and O–H groups in total. The summed E-state index contributed by atoms with van der Waals surface area (Å²) in [5.74, 6) is 1.33. The fraction of sp³-hybridized carbons (Fsp3) is 0.100. The summed E-state index contributed by atoms with van der Waals surface area (Å²) in [6, 6.07) is 19.1. The van der Waals surface area contributed by atoms with Crippen LogP contribution in [-0.4, -0.2) is 10.2 Å². The standard InChI is InChI=1S/C20H17FO2S2/c21-20-9-1-4-14(12-24-17-7-2-5-15(22)10-17)19(20)13-25-18-8-3-6-16(23)11-18/h1-11,22-23H,12-13H2. The van der Waals surface area contributed by atoms with Gasteiger partial charge in [0.1, 0.15) is 17.3 Å². The molecule has 0 aliphatic carbocycles. The van der Waals surface area contributed by atoms with E-state index in [0.29, 0.717) is 17.1 Å². The van der Waals surface area contributed by atoms with Crippen LogP contribution in [0.25, 0.3) is 0 Å². The van der Waals surface area contributed by atoms with Crippen LogP contribution in [0.1, 0.15) is 11.1 Å². The van der Waals surface area contributed by atoms with Crippen molar-refractivity contribution in [3.63, 3.8) is 0 Å². The largest absolute Gasteiger partial charge is 0.508 e. The number of rotatable bonds is 6. The fourth-order valence-electron chi connectivity index (χ4n) is 2.36. The van der Waals surface area contributed by atoms with Crippen LogP contribution in [0.15, 0.2) is 76.5 Å². The van der Waals surface area contributed by atoms with Gasteiger partial charge in [0.2, 0.25) is 0 Å². The minimum absolute atomic E-state index is 0.207. The first-order chi connectivity index (χ1) is 12.1. The fourth-order valence-corrected chi connectivity index (χ4v) is 4.35. The lowest BCUT2D eigenvalue weighted by atomic mass is 10.1. The maximum atomic E-state index is 14.3. The molecule has 0 unspecified atom stereocenters. The number of hydrogen-bond donors (Lipinski definition) is 2. The summed E-state index contributed by atoms with van der Waals surface area (Å²) in [5, 5.41) is 19.1. The van der Waals surface area contributed by atoms with E-state index in [1.807, 2.05) is 18.2 Å². The number of phenols is 2. The summed E-state index contributed by atoms with van der Waals surface area (Å²) in [5.41, 5.74) is 1.60. The third-order valence-electron chi connectivity index (χ3n) is 3.63. The van der Waals surface area contributed by atoms with Crippen LogP contribution < -0.4 is 0 Å². The summed E-state index contributed by atoms with van der Waals surface area (Å²) in [6.07, 6.45) is 0. The zero-order valence-electron chi connectivity index (χ0n) is 13.4. The second kappa shape index (κ2) is 8.32. The highest BCUT2D eigenvalue weighted by atomic mass is 32.2. The van der Waals surface area contributed by atoms with Gasteiger partial charge in [-0.1, -0.05) is 24.3 Å². The van der Waals surface area contributed by atoms with Gasteiger partial charge in [0.05, 0.1) is 0 Å². The van der Waals surface area contributed by atoms with E-state index in [4.69, 9.17) is 0 Å². The first-order valence-electron chi connectivity index (χ1n) is 7.72. The van der Waals surface area contributed by atoms with E-state index in [2.05, 4.69) is 0 Å². The summed E-state index contributed by atoms with van der Waals surface area (Å²) in [6.45, 7) is 0. The van der Waals surface area contributed by atoms with E-state index in [0.717, 1.165) is 15.4 Å². The predicted octanol–water partition coefficient (Wildman–Crippen LogP) is 5.82. The average Bonchev–Trinajstić information content (AvgIpc) is 2.59. The van der Waals surface area contributed by atoms with E-state index >= 15 is 0 Å². The Morgan fingerprint density at radius 2 is 1.28 bits per heavy atom. The molecule has 0 aliphatic rings. The maximum Gasteiger partial charge on any atom is 0.127 e. The molecule has 0 heterocycles. The molecule has 5 heteroatoms. The molecule has 3 aromatic rings. The SMILES string of the molecule is Oc1cccc(SCc2cccc(F)c2CSc2cccc(O)c2)c1. The van der Waals surface area contributed by atoms with Gasteiger partial charge in [-0.15, -0.1) is 23.5 Å². The molecule has 2 nitrogen and oxygen atoms in total. The number of benzene rings is 3. The second-order valence-electron chi connectivity index (χ2n) is 5.45. The van der Waals surface area contributed by atoms with Crippen LogP contribution in [0.2, 0.25) is 0 Å². The summed E-state index contributed by atoms with van der Waals surface area (Å²) in [4.78, 5) is 1.84. The Labute approximate surface area is 154 Å². The van der Waals surface area contributed by atoms with Crippen LogP contribution >= 0.6 is 23.5 Å². The average molecular weight is 372 g/mol. The lowest BCUT2D eigenvalue weighted by molar-refractivity contribution is 0.473. The quantitative estimate of drug-likeness (QED) is 0.535. The topological polar surface area (TPSA) is 40.5 Å². The van der Waals surface area contributed by atoms with Gasteiger partial charge >= 0.3 is 0 Å².